The Balaban J connectivity index is 1.72. The quantitative estimate of drug-likeness (QED) is 0.492. The minimum atomic E-state index is -1.27. The van der Waals surface area contributed by atoms with Gasteiger partial charge >= 0.3 is 0 Å². The van der Waals surface area contributed by atoms with Gasteiger partial charge in [0.05, 0.1) is 12.9 Å². The summed E-state index contributed by atoms with van der Waals surface area (Å²) in [7, 11) is 0. The highest BCUT2D eigenvalue weighted by molar-refractivity contribution is 6.28. The molecule has 1 fully saturated rings. The molecule has 0 amide bonds. The van der Waals surface area contributed by atoms with E-state index in [0.29, 0.717) is 12.1 Å². The van der Waals surface area contributed by atoms with Crippen molar-refractivity contribution in [1.29, 1.82) is 0 Å². The minimum absolute atomic E-state index is 0.0658. The van der Waals surface area contributed by atoms with Crippen LogP contribution in [0.5, 0.6) is 0 Å². The fourth-order valence-electron chi connectivity index (χ4n) is 2.70. The molecule has 0 aromatic carbocycles. The van der Waals surface area contributed by atoms with Gasteiger partial charge in [0, 0.05) is 0 Å². The molecule has 0 radical (unpaired) electrons. The third-order valence-electron chi connectivity index (χ3n) is 3.94. The van der Waals surface area contributed by atoms with Crippen molar-refractivity contribution in [3.8, 4) is 0 Å². The lowest BCUT2D eigenvalue weighted by molar-refractivity contribution is -0.0384. The summed E-state index contributed by atoms with van der Waals surface area (Å²) in [6.45, 7) is 2.36. The maximum Gasteiger partial charge on any atom is 0.226 e. The van der Waals surface area contributed by atoms with E-state index in [0.717, 1.165) is 0 Å². The molecule has 12 nitrogen and oxygen atoms in total. The SMILES string of the molecule is CCn1nnc([C@H]2OC(n3cnc4c(N)nc(Cl)nc43)C(O)C2O)n1. The fourth-order valence-corrected chi connectivity index (χ4v) is 2.87. The highest BCUT2D eigenvalue weighted by Crippen LogP contribution is 2.38. The number of imidazole rings is 1. The first-order chi connectivity index (χ1) is 12.0. The third-order valence-corrected chi connectivity index (χ3v) is 4.11. The van der Waals surface area contributed by atoms with E-state index in [4.69, 9.17) is 22.1 Å². The van der Waals surface area contributed by atoms with Crippen molar-refractivity contribution in [3.63, 3.8) is 0 Å². The van der Waals surface area contributed by atoms with Gasteiger partial charge in [0.15, 0.2) is 23.8 Å². The number of nitrogens with two attached hydrogens (primary N) is 1. The van der Waals surface area contributed by atoms with Gasteiger partial charge in [0.25, 0.3) is 0 Å². The summed E-state index contributed by atoms with van der Waals surface area (Å²) in [5.74, 6) is 0.276. The Morgan fingerprint density at radius 3 is 2.84 bits per heavy atom. The summed E-state index contributed by atoms with van der Waals surface area (Å²) in [5, 5.41) is 32.5. The molecular formula is C12H14ClN9O3. The molecule has 0 aliphatic carbocycles. The van der Waals surface area contributed by atoms with Crippen LogP contribution in [0, 0.1) is 0 Å². The summed E-state index contributed by atoms with van der Waals surface area (Å²) < 4.78 is 7.19. The van der Waals surface area contributed by atoms with Crippen LogP contribution < -0.4 is 5.73 Å². The maximum absolute atomic E-state index is 10.4. The number of tetrazole rings is 1. The molecular weight excluding hydrogens is 354 g/mol. The van der Waals surface area contributed by atoms with Crippen molar-refractivity contribution in [2.75, 3.05) is 5.73 Å². The molecule has 1 saturated heterocycles. The number of fused-ring (bicyclic) bond motifs is 1. The highest BCUT2D eigenvalue weighted by Gasteiger charge is 2.47. The molecule has 1 aliphatic rings. The first-order valence-electron chi connectivity index (χ1n) is 7.44. The van der Waals surface area contributed by atoms with Gasteiger partial charge in [-0.25, -0.2) is 4.98 Å². The largest absolute Gasteiger partial charge is 0.387 e. The molecule has 132 valence electrons. The number of hydrogen-bond donors (Lipinski definition) is 3. The number of nitrogens with zero attached hydrogens (tertiary/aromatic N) is 8. The highest BCUT2D eigenvalue weighted by atomic mass is 35.5. The van der Waals surface area contributed by atoms with Crippen LogP contribution in [-0.2, 0) is 11.3 Å². The third kappa shape index (κ3) is 2.50. The molecule has 4 N–H and O–H groups in total. The van der Waals surface area contributed by atoms with Gasteiger partial charge in [0.1, 0.15) is 17.7 Å². The van der Waals surface area contributed by atoms with Crippen LogP contribution in [0.15, 0.2) is 6.33 Å². The van der Waals surface area contributed by atoms with E-state index >= 15 is 0 Å². The average Bonchev–Trinajstić information content (AvgIpc) is 3.27. The lowest BCUT2D eigenvalue weighted by atomic mass is 10.1. The van der Waals surface area contributed by atoms with E-state index in [1.54, 1.807) is 0 Å². The maximum atomic E-state index is 10.4. The zero-order valence-corrected chi connectivity index (χ0v) is 13.7. The molecule has 0 bridgehead atoms. The smallest absolute Gasteiger partial charge is 0.226 e. The number of nitrogen functional groups attached to an aromatic ring is 1. The summed E-state index contributed by atoms with van der Waals surface area (Å²) >= 11 is 5.84. The van der Waals surface area contributed by atoms with Crippen molar-refractivity contribution in [2.24, 2.45) is 0 Å². The summed E-state index contributed by atoms with van der Waals surface area (Å²) in [6, 6.07) is 0. The number of aryl methyl sites for hydroxylation is 1. The van der Waals surface area contributed by atoms with Gasteiger partial charge in [-0.2, -0.15) is 14.8 Å². The van der Waals surface area contributed by atoms with E-state index in [9.17, 15) is 10.2 Å². The lowest BCUT2D eigenvalue weighted by Gasteiger charge is -2.16. The molecule has 0 spiro atoms. The van der Waals surface area contributed by atoms with Crippen LogP contribution >= 0.6 is 11.6 Å². The van der Waals surface area contributed by atoms with E-state index in [2.05, 4.69) is 30.4 Å². The van der Waals surface area contributed by atoms with Gasteiger partial charge in [-0.15, -0.1) is 10.2 Å². The van der Waals surface area contributed by atoms with Gasteiger partial charge in [-0.05, 0) is 23.7 Å². The molecule has 4 atom stereocenters. The van der Waals surface area contributed by atoms with Crippen LogP contribution in [0.1, 0.15) is 25.1 Å². The van der Waals surface area contributed by atoms with Gasteiger partial charge in [0.2, 0.25) is 11.1 Å². The Kier molecular flexibility index (Phi) is 3.76. The topological polar surface area (TPSA) is 163 Å². The Labute approximate surface area is 145 Å². The predicted octanol–water partition coefficient (Wildman–Crippen LogP) is -0.940. The zero-order valence-electron chi connectivity index (χ0n) is 12.9. The molecule has 3 aromatic heterocycles. The molecule has 13 heteroatoms. The minimum Gasteiger partial charge on any atom is -0.387 e. The number of aliphatic hydroxyl groups is 2. The number of rotatable bonds is 3. The normalized spacial score (nSPS) is 26.6. The van der Waals surface area contributed by atoms with Crippen molar-refractivity contribution in [2.45, 2.75) is 38.0 Å². The predicted molar refractivity (Wildman–Crippen MR) is 83.1 cm³/mol. The van der Waals surface area contributed by atoms with Crippen LogP contribution in [0.2, 0.25) is 5.28 Å². The summed E-state index contributed by atoms with van der Waals surface area (Å²) in [5.41, 5.74) is 6.36. The number of anilines is 1. The van der Waals surface area contributed by atoms with Crippen molar-refractivity contribution < 1.29 is 14.9 Å². The Morgan fingerprint density at radius 2 is 2.12 bits per heavy atom. The molecule has 4 rings (SSSR count). The van der Waals surface area contributed by atoms with Crippen LogP contribution in [0.4, 0.5) is 5.82 Å². The van der Waals surface area contributed by atoms with Crippen LogP contribution in [0.3, 0.4) is 0 Å². The second-order valence-electron chi connectivity index (χ2n) is 5.47. The first-order valence-corrected chi connectivity index (χ1v) is 7.82. The van der Waals surface area contributed by atoms with Crippen LogP contribution in [0.25, 0.3) is 11.2 Å². The standard InChI is InChI=1S/C12H14ClN9O3/c1-2-22-19-9(18-20-22)7-5(23)6(24)11(25-7)21-3-15-4-8(14)16-12(13)17-10(4)21/h3,5-7,11,23-24H,2H2,1H3,(H2,14,16,17)/t5?,6?,7-,11?/m0/s1. The van der Waals surface area contributed by atoms with Gasteiger partial charge in [-0.1, -0.05) is 0 Å². The van der Waals surface area contributed by atoms with E-state index in [1.807, 2.05) is 6.92 Å². The van der Waals surface area contributed by atoms with E-state index in [-0.39, 0.29) is 22.6 Å². The Bertz CT molecular complexity index is 928. The average molecular weight is 368 g/mol. The monoisotopic (exact) mass is 367 g/mol. The molecule has 3 unspecified atom stereocenters. The van der Waals surface area contributed by atoms with Gasteiger partial charge < -0.3 is 20.7 Å². The molecule has 25 heavy (non-hydrogen) atoms. The zero-order chi connectivity index (χ0) is 17.7. The van der Waals surface area contributed by atoms with Crippen molar-refractivity contribution in [1.82, 2.24) is 39.7 Å². The van der Waals surface area contributed by atoms with Crippen molar-refractivity contribution >= 4 is 28.6 Å². The van der Waals surface area contributed by atoms with Gasteiger partial charge in [-0.3, -0.25) is 4.57 Å². The van der Waals surface area contributed by atoms with Crippen molar-refractivity contribution in [3.05, 3.63) is 17.4 Å². The summed E-state index contributed by atoms with van der Waals surface area (Å²) in [6.07, 6.45) is -3.08. The fraction of sp³-hybridized carbons (Fsp3) is 0.500. The van der Waals surface area contributed by atoms with E-state index in [1.165, 1.54) is 15.7 Å². The second kappa shape index (κ2) is 5.84. The Hall–Kier alpha value is -2.41. The lowest BCUT2D eigenvalue weighted by Crippen LogP contribution is -2.29. The first kappa shape index (κ1) is 16.1. The molecule has 4 heterocycles. The number of hydrogen-bond acceptors (Lipinski definition) is 10. The number of halogens is 1. The second-order valence-corrected chi connectivity index (χ2v) is 5.80. The number of aromatic nitrogens is 8. The van der Waals surface area contributed by atoms with E-state index < -0.39 is 24.5 Å². The number of aliphatic hydroxyl groups excluding tert-OH is 2. The molecule has 3 aromatic rings. The Morgan fingerprint density at radius 1 is 1.32 bits per heavy atom. The summed E-state index contributed by atoms with van der Waals surface area (Å²) in [4.78, 5) is 13.4. The van der Waals surface area contributed by atoms with Crippen LogP contribution in [-0.4, -0.2) is 62.1 Å². The molecule has 0 saturated carbocycles. The molecule has 1 aliphatic heterocycles. The number of ether oxygens (including phenoxy) is 1.